The van der Waals surface area contributed by atoms with Crippen molar-refractivity contribution in [2.45, 2.75) is 62.5 Å². The summed E-state index contributed by atoms with van der Waals surface area (Å²) in [7, 11) is 0. The second-order valence-electron chi connectivity index (χ2n) is 4.78. The molecule has 106 valence electrons. The molecule has 0 aromatic heterocycles. The molecule has 0 radical (unpaired) electrons. The minimum absolute atomic E-state index is 0.169. The minimum Gasteiger partial charge on any atom is -0.258 e. The molecule has 0 fully saturated rings. The second-order valence-corrected chi connectivity index (χ2v) is 6.15. The molecule has 0 amide bonds. The fourth-order valence-electron chi connectivity index (χ4n) is 1.96. The van der Waals surface area contributed by atoms with Crippen LogP contribution in [0.25, 0.3) is 0 Å². The summed E-state index contributed by atoms with van der Waals surface area (Å²) in [4.78, 5) is 11.4. The topological polar surface area (TPSA) is 43.1 Å². The van der Waals surface area contributed by atoms with Gasteiger partial charge in [-0.1, -0.05) is 39.5 Å². The molecule has 0 aliphatic carbocycles. The Hall–Kier alpha value is -1.03. The van der Waals surface area contributed by atoms with Crippen LogP contribution in [0.2, 0.25) is 0 Å². The number of nitro groups is 1. The van der Waals surface area contributed by atoms with Gasteiger partial charge in [-0.2, -0.15) is 0 Å². The number of thioether (sulfide) groups is 1. The van der Waals surface area contributed by atoms with Crippen molar-refractivity contribution in [1.29, 1.82) is 0 Å². The highest BCUT2D eigenvalue weighted by molar-refractivity contribution is 8.00. The number of benzene rings is 1. The van der Waals surface area contributed by atoms with E-state index in [0.717, 1.165) is 4.90 Å². The van der Waals surface area contributed by atoms with Crippen molar-refractivity contribution in [2.24, 2.45) is 0 Å². The molecule has 0 heterocycles. The van der Waals surface area contributed by atoms with Crippen LogP contribution in [0.5, 0.6) is 0 Å². The summed E-state index contributed by atoms with van der Waals surface area (Å²) in [6, 6.07) is 6.93. The molecular weight excluding hydrogens is 258 g/mol. The van der Waals surface area contributed by atoms with Crippen molar-refractivity contribution in [3.05, 3.63) is 34.4 Å². The average molecular weight is 281 g/mol. The molecule has 1 aromatic carbocycles. The Morgan fingerprint density at radius 1 is 1.11 bits per heavy atom. The van der Waals surface area contributed by atoms with Crippen LogP contribution in [0.15, 0.2) is 29.2 Å². The van der Waals surface area contributed by atoms with Gasteiger partial charge >= 0.3 is 0 Å². The van der Waals surface area contributed by atoms with E-state index in [1.807, 2.05) is 23.9 Å². The lowest BCUT2D eigenvalue weighted by molar-refractivity contribution is -0.384. The lowest BCUT2D eigenvalue weighted by Crippen LogP contribution is -2.02. The lowest BCUT2D eigenvalue weighted by atomic mass is 10.1. The smallest absolute Gasteiger partial charge is 0.258 e. The molecular formula is C15H23NO2S. The molecule has 0 aliphatic rings. The van der Waals surface area contributed by atoms with Gasteiger partial charge in [-0.15, -0.1) is 11.8 Å². The maximum atomic E-state index is 10.6. The Bertz CT molecular complexity index is 370. The summed E-state index contributed by atoms with van der Waals surface area (Å²) in [5.74, 6) is 0. The molecule has 1 aromatic rings. The molecule has 1 rings (SSSR count). The number of nitrogens with zero attached hydrogens (tertiary/aromatic N) is 1. The quantitative estimate of drug-likeness (QED) is 0.344. The first-order chi connectivity index (χ1) is 9.17. The van der Waals surface area contributed by atoms with E-state index in [1.54, 1.807) is 12.1 Å². The molecule has 0 aliphatic heterocycles. The van der Waals surface area contributed by atoms with Gasteiger partial charge < -0.3 is 0 Å². The van der Waals surface area contributed by atoms with E-state index in [-0.39, 0.29) is 10.6 Å². The van der Waals surface area contributed by atoms with E-state index in [9.17, 15) is 10.1 Å². The fraction of sp³-hybridized carbons (Fsp3) is 0.600. The predicted molar refractivity (Wildman–Crippen MR) is 81.8 cm³/mol. The van der Waals surface area contributed by atoms with Crippen molar-refractivity contribution < 1.29 is 4.92 Å². The first-order valence-electron chi connectivity index (χ1n) is 7.08. The Morgan fingerprint density at radius 3 is 2.05 bits per heavy atom. The number of hydrogen-bond acceptors (Lipinski definition) is 3. The van der Waals surface area contributed by atoms with Gasteiger partial charge in [0.25, 0.3) is 5.69 Å². The van der Waals surface area contributed by atoms with Crippen molar-refractivity contribution in [3.8, 4) is 0 Å². The largest absolute Gasteiger partial charge is 0.269 e. The van der Waals surface area contributed by atoms with Crippen LogP contribution in [-0.4, -0.2) is 10.2 Å². The third kappa shape index (κ3) is 6.10. The molecule has 19 heavy (non-hydrogen) atoms. The van der Waals surface area contributed by atoms with Crippen LogP contribution in [-0.2, 0) is 0 Å². The highest BCUT2D eigenvalue weighted by Gasteiger charge is 2.11. The molecule has 0 unspecified atom stereocenters. The molecule has 4 heteroatoms. The van der Waals surface area contributed by atoms with Crippen LogP contribution < -0.4 is 0 Å². The number of non-ortho nitro benzene ring substituents is 1. The summed E-state index contributed by atoms with van der Waals surface area (Å²) in [5.41, 5.74) is 0.169. The van der Waals surface area contributed by atoms with E-state index in [0.29, 0.717) is 5.25 Å². The third-order valence-electron chi connectivity index (χ3n) is 3.11. The predicted octanol–water partition coefficient (Wildman–Crippen LogP) is 5.44. The van der Waals surface area contributed by atoms with Crippen molar-refractivity contribution in [2.75, 3.05) is 0 Å². The van der Waals surface area contributed by atoms with Crippen LogP contribution >= 0.6 is 11.8 Å². The van der Waals surface area contributed by atoms with Gasteiger partial charge in [-0.05, 0) is 25.0 Å². The Morgan fingerprint density at radius 2 is 1.63 bits per heavy atom. The van der Waals surface area contributed by atoms with E-state index in [2.05, 4.69) is 13.8 Å². The normalized spacial score (nSPS) is 10.9. The van der Waals surface area contributed by atoms with E-state index in [4.69, 9.17) is 0 Å². The Labute approximate surface area is 119 Å². The summed E-state index contributed by atoms with van der Waals surface area (Å²) < 4.78 is 0. The zero-order valence-electron chi connectivity index (χ0n) is 11.8. The van der Waals surface area contributed by atoms with Gasteiger partial charge in [0.2, 0.25) is 0 Å². The third-order valence-corrected chi connectivity index (χ3v) is 4.46. The summed E-state index contributed by atoms with van der Waals surface area (Å²) in [6.45, 7) is 4.43. The first-order valence-corrected chi connectivity index (χ1v) is 7.96. The van der Waals surface area contributed by atoms with Gasteiger partial charge in [-0.25, -0.2) is 0 Å². The zero-order chi connectivity index (χ0) is 14.1. The Balaban J connectivity index is 2.58. The minimum atomic E-state index is -0.347. The standard InChI is InChI=1S/C15H23NO2S/c1-3-5-7-14(8-6-4-2)19-15-11-9-13(10-12-15)16(17)18/h9-12,14H,3-8H2,1-2H3. The van der Waals surface area contributed by atoms with Crippen LogP contribution in [0.1, 0.15) is 52.4 Å². The summed E-state index contributed by atoms with van der Waals surface area (Å²) >= 11 is 1.87. The fourth-order valence-corrected chi connectivity index (χ4v) is 3.21. The molecule has 3 nitrogen and oxygen atoms in total. The highest BCUT2D eigenvalue weighted by atomic mass is 32.2. The van der Waals surface area contributed by atoms with Gasteiger partial charge in [0, 0.05) is 22.3 Å². The zero-order valence-corrected chi connectivity index (χ0v) is 12.6. The number of unbranched alkanes of at least 4 members (excludes halogenated alkanes) is 2. The van der Waals surface area contributed by atoms with Gasteiger partial charge in [0.1, 0.15) is 0 Å². The molecule has 0 N–H and O–H groups in total. The molecule has 0 saturated carbocycles. The van der Waals surface area contributed by atoms with Crippen LogP contribution in [0.3, 0.4) is 0 Å². The molecule has 0 bridgehead atoms. The number of rotatable bonds is 9. The summed E-state index contributed by atoms with van der Waals surface area (Å²) in [6.07, 6.45) is 7.44. The Kier molecular flexibility index (Phi) is 7.56. The van der Waals surface area contributed by atoms with E-state index in [1.165, 1.54) is 38.5 Å². The van der Waals surface area contributed by atoms with Gasteiger partial charge in [-0.3, -0.25) is 10.1 Å². The number of hydrogen-bond donors (Lipinski definition) is 0. The lowest BCUT2D eigenvalue weighted by Gasteiger charge is -2.15. The van der Waals surface area contributed by atoms with E-state index >= 15 is 0 Å². The van der Waals surface area contributed by atoms with Gasteiger partial charge in [0.05, 0.1) is 4.92 Å². The van der Waals surface area contributed by atoms with Crippen molar-refractivity contribution in [3.63, 3.8) is 0 Å². The van der Waals surface area contributed by atoms with Crippen molar-refractivity contribution >= 4 is 17.4 Å². The molecule has 0 spiro atoms. The highest BCUT2D eigenvalue weighted by Crippen LogP contribution is 2.31. The first kappa shape index (κ1) is 16.0. The number of nitro benzene ring substituents is 1. The van der Waals surface area contributed by atoms with Crippen molar-refractivity contribution in [1.82, 2.24) is 0 Å². The second kappa shape index (κ2) is 8.97. The van der Waals surface area contributed by atoms with Crippen LogP contribution in [0, 0.1) is 10.1 Å². The van der Waals surface area contributed by atoms with Gasteiger partial charge in [0.15, 0.2) is 0 Å². The van der Waals surface area contributed by atoms with E-state index < -0.39 is 0 Å². The maximum Gasteiger partial charge on any atom is 0.269 e. The monoisotopic (exact) mass is 281 g/mol. The summed E-state index contributed by atoms with van der Waals surface area (Å²) in [5, 5.41) is 11.3. The van der Waals surface area contributed by atoms with Crippen LogP contribution in [0.4, 0.5) is 5.69 Å². The molecule has 0 atom stereocenters. The average Bonchev–Trinajstić information content (AvgIpc) is 2.42. The molecule has 0 saturated heterocycles. The maximum absolute atomic E-state index is 10.6. The SMILES string of the molecule is CCCCC(CCCC)Sc1ccc([N+](=O)[O-])cc1.